The summed E-state index contributed by atoms with van der Waals surface area (Å²) in [6.45, 7) is 10.6. The first-order valence-electron chi connectivity index (χ1n) is 8.17. The summed E-state index contributed by atoms with van der Waals surface area (Å²) in [5.41, 5.74) is 0. The second-order valence-electron chi connectivity index (χ2n) is 7.28. The van der Waals surface area contributed by atoms with Crippen LogP contribution in [0.5, 0.6) is 0 Å². The molecule has 0 radical (unpaired) electrons. The summed E-state index contributed by atoms with van der Waals surface area (Å²) in [7, 11) is 2.18. The van der Waals surface area contributed by atoms with Crippen LogP contribution in [0.3, 0.4) is 0 Å². The van der Waals surface area contributed by atoms with E-state index in [1.807, 2.05) is 0 Å². The standard InChI is InChI=1S/C16H31N3O/c1-11(2)10-14-16(20)19(15(17-14)12(3)4)9-8-18(5)13-6-7-13/h11-15,17H,6-10H2,1-5H3. The van der Waals surface area contributed by atoms with Crippen LogP contribution < -0.4 is 5.32 Å². The van der Waals surface area contributed by atoms with Crippen molar-refractivity contribution in [3.8, 4) is 0 Å². The molecule has 1 aliphatic heterocycles. The van der Waals surface area contributed by atoms with Crippen molar-refractivity contribution in [1.29, 1.82) is 0 Å². The zero-order valence-corrected chi connectivity index (χ0v) is 13.7. The fourth-order valence-electron chi connectivity index (χ4n) is 3.11. The second kappa shape index (κ2) is 6.44. The number of carbonyl (C=O) groups is 1. The average molecular weight is 281 g/mol. The largest absolute Gasteiger partial charge is 0.324 e. The highest BCUT2D eigenvalue weighted by molar-refractivity contribution is 5.84. The molecule has 2 atom stereocenters. The van der Waals surface area contributed by atoms with E-state index in [4.69, 9.17) is 0 Å². The molecule has 1 heterocycles. The van der Waals surface area contributed by atoms with Crippen LogP contribution in [0.1, 0.15) is 47.0 Å². The minimum atomic E-state index is 0.0219. The van der Waals surface area contributed by atoms with Crippen LogP contribution >= 0.6 is 0 Å². The van der Waals surface area contributed by atoms with E-state index in [1.54, 1.807) is 0 Å². The van der Waals surface area contributed by atoms with E-state index in [-0.39, 0.29) is 12.2 Å². The molecule has 2 aliphatic rings. The van der Waals surface area contributed by atoms with Crippen molar-refractivity contribution >= 4 is 5.91 Å². The number of nitrogens with zero attached hydrogens (tertiary/aromatic N) is 2. The first-order valence-corrected chi connectivity index (χ1v) is 8.17. The molecule has 20 heavy (non-hydrogen) atoms. The van der Waals surface area contributed by atoms with E-state index < -0.39 is 0 Å². The number of hydrogen-bond acceptors (Lipinski definition) is 3. The third kappa shape index (κ3) is 3.73. The van der Waals surface area contributed by atoms with Crippen LogP contribution in [0.15, 0.2) is 0 Å². The van der Waals surface area contributed by atoms with Crippen molar-refractivity contribution < 1.29 is 4.79 Å². The van der Waals surface area contributed by atoms with Gasteiger partial charge in [-0.25, -0.2) is 0 Å². The lowest BCUT2D eigenvalue weighted by molar-refractivity contribution is -0.131. The van der Waals surface area contributed by atoms with Crippen molar-refractivity contribution in [1.82, 2.24) is 15.1 Å². The van der Waals surface area contributed by atoms with Crippen LogP contribution in [-0.4, -0.2) is 54.1 Å². The lowest BCUT2D eigenvalue weighted by Gasteiger charge is -2.29. The molecule has 4 nitrogen and oxygen atoms in total. The maximum atomic E-state index is 12.6. The fourth-order valence-corrected chi connectivity index (χ4v) is 3.11. The molecule has 0 aromatic rings. The molecule has 1 saturated carbocycles. The van der Waals surface area contributed by atoms with Crippen molar-refractivity contribution in [2.24, 2.45) is 11.8 Å². The van der Waals surface area contributed by atoms with Gasteiger partial charge < -0.3 is 9.80 Å². The normalized spacial score (nSPS) is 27.4. The van der Waals surface area contributed by atoms with Gasteiger partial charge in [0.25, 0.3) is 0 Å². The van der Waals surface area contributed by atoms with Gasteiger partial charge in [-0.05, 0) is 38.1 Å². The molecule has 2 rings (SSSR count). The monoisotopic (exact) mass is 281 g/mol. The number of hydrogen-bond donors (Lipinski definition) is 1. The number of carbonyl (C=O) groups excluding carboxylic acids is 1. The summed E-state index contributed by atoms with van der Waals surface area (Å²) in [6, 6.07) is 0.790. The van der Waals surface area contributed by atoms with Gasteiger partial charge in [0.15, 0.2) is 0 Å². The molecule has 0 spiro atoms. The molecule has 116 valence electrons. The molecule has 0 aromatic carbocycles. The predicted molar refractivity (Wildman–Crippen MR) is 82.4 cm³/mol. The number of amides is 1. The summed E-state index contributed by atoms with van der Waals surface area (Å²) in [5.74, 6) is 1.32. The Kier molecular flexibility index (Phi) is 5.08. The van der Waals surface area contributed by atoms with Crippen molar-refractivity contribution in [2.75, 3.05) is 20.1 Å². The third-order valence-electron chi connectivity index (χ3n) is 4.49. The van der Waals surface area contributed by atoms with Crippen LogP contribution in [0.2, 0.25) is 0 Å². The minimum Gasteiger partial charge on any atom is -0.324 e. The highest BCUT2D eigenvalue weighted by Crippen LogP contribution is 2.26. The van der Waals surface area contributed by atoms with Gasteiger partial charge in [0.1, 0.15) is 0 Å². The van der Waals surface area contributed by atoms with Gasteiger partial charge in [-0.1, -0.05) is 27.7 Å². The van der Waals surface area contributed by atoms with Gasteiger partial charge in [-0.3, -0.25) is 10.1 Å². The van der Waals surface area contributed by atoms with Crippen molar-refractivity contribution in [3.05, 3.63) is 0 Å². The van der Waals surface area contributed by atoms with Crippen LogP contribution in [0, 0.1) is 11.8 Å². The van der Waals surface area contributed by atoms with Gasteiger partial charge in [-0.15, -0.1) is 0 Å². The zero-order valence-electron chi connectivity index (χ0n) is 13.7. The Hall–Kier alpha value is -0.610. The SMILES string of the molecule is CC(C)CC1NC(C(C)C)N(CCN(C)C2CC2)C1=O. The molecular formula is C16H31N3O. The Morgan fingerprint density at radius 1 is 1.30 bits per heavy atom. The predicted octanol–water partition coefficient (Wildman–Crippen LogP) is 1.91. The summed E-state index contributed by atoms with van der Waals surface area (Å²) in [4.78, 5) is 17.1. The van der Waals surface area contributed by atoms with E-state index in [0.29, 0.717) is 17.7 Å². The van der Waals surface area contributed by atoms with Gasteiger partial charge in [0.05, 0.1) is 12.2 Å². The molecule has 1 N–H and O–H groups in total. The van der Waals surface area contributed by atoms with Gasteiger partial charge in [-0.2, -0.15) is 0 Å². The lowest BCUT2D eigenvalue weighted by Crippen LogP contribution is -2.44. The highest BCUT2D eigenvalue weighted by atomic mass is 16.2. The Labute approximate surface area is 123 Å². The molecule has 2 fully saturated rings. The van der Waals surface area contributed by atoms with E-state index >= 15 is 0 Å². The number of rotatable bonds is 7. The summed E-state index contributed by atoms with van der Waals surface area (Å²) < 4.78 is 0. The molecule has 1 saturated heterocycles. The fraction of sp³-hybridized carbons (Fsp3) is 0.938. The van der Waals surface area contributed by atoms with Gasteiger partial charge in [0, 0.05) is 19.1 Å². The first kappa shape index (κ1) is 15.8. The third-order valence-corrected chi connectivity index (χ3v) is 4.49. The minimum absolute atomic E-state index is 0.0219. The zero-order chi connectivity index (χ0) is 14.9. The maximum absolute atomic E-state index is 12.6. The highest BCUT2D eigenvalue weighted by Gasteiger charge is 2.40. The van der Waals surface area contributed by atoms with Crippen molar-refractivity contribution in [2.45, 2.75) is 65.2 Å². The Balaban J connectivity index is 1.93. The maximum Gasteiger partial charge on any atom is 0.241 e. The van der Waals surface area contributed by atoms with E-state index in [9.17, 15) is 4.79 Å². The topological polar surface area (TPSA) is 35.6 Å². The number of likely N-dealkylation sites (N-methyl/N-ethyl adjacent to an activating group) is 1. The van der Waals surface area contributed by atoms with Crippen LogP contribution in [0.25, 0.3) is 0 Å². The molecule has 1 aliphatic carbocycles. The molecule has 0 aromatic heterocycles. The summed E-state index contributed by atoms with van der Waals surface area (Å²) >= 11 is 0. The van der Waals surface area contributed by atoms with Gasteiger partial charge >= 0.3 is 0 Å². The molecule has 1 amide bonds. The lowest BCUT2D eigenvalue weighted by atomic mass is 10.0. The average Bonchev–Trinajstić information content (AvgIpc) is 3.14. The summed E-state index contributed by atoms with van der Waals surface area (Å²) in [6.07, 6.45) is 3.80. The smallest absolute Gasteiger partial charge is 0.241 e. The Bertz CT molecular complexity index is 339. The van der Waals surface area contributed by atoms with E-state index in [2.05, 4.69) is 49.9 Å². The van der Waals surface area contributed by atoms with Crippen molar-refractivity contribution in [3.63, 3.8) is 0 Å². The number of nitrogens with one attached hydrogen (secondary N) is 1. The van der Waals surface area contributed by atoms with E-state index in [1.165, 1.54) is 12.8 Å². The molecule has 2 unspecified atom stereocenters. The van der Waals surface area contributed by atoms with Crippen LogP contribution in [-0.2, 0) is 4.79 Å². The van der Waals surface area contributed by atoms with Gasteiger partial charge in [0.2, 0.25) is 5.91 Å². The molecular weight excluding hydrogens is 250 g/mol. The van der Waals surface area contributed by atoms with Crippen LogP contribution in [0.4, 0.5) is 0 Å². The first-order chi connectivity index (χ1) is 9.40. The Morgan fingerprint density at radius 3 is 2.45 bits per heavy atom. The molecule has 4 heteroatoms. The molecule has 0 bridgehead atoms. The second-order valence-corrected chi connectivity index (χ2v) is 7.28. The van der Waals surface area contributed by atoms with E-state index in [0.717, 1.165) is 25.6 Å². The Morgan fingerprint density at radius 2 is 1.95 bits per heavy atom. The summed E-state index contributed by atoms with van der Waals surface area (Å²) in [5, 5.41) is 3.55. The quantitative estimate of drug-likeness (QED) is 0.774.